The van der Waals surface area contributed by atoms with Crippen LogP contribution in [0.1, 0.15) is 63.9 Å². The Kier molecular flexibility index (Phi) is 7.71. The van der Waals surface area contributed by atoms with Gasteiger partial charge < -0.3 is 24.3 Å². The molecular formula is C28H35NO7. The van der Waals surface area contributed by atoms with Crippen LogP contribution in [0.5, 0.6) is 11.5 Å². The Labute approximate surface area is 212 Å². The van der Waals surface area contributed by atoms with Gasteiger partial charge in [-0.3, -0.25) is 9.59 Å². The van der Waals surface area contributed by atoms with Crippen LogP contribution in [0.2, 0.25) is 0 Å². The zero-order valence-electron chi connectivity index (χ0n) is 21.6. The minimum absolute atomic E-state index is 0.141. The zero-order valence-corrected chi connectivity index (χ0v) is 21.6. The molecule has 0 radical (unpaired) electrons. The van der Waals surface area contributed by atoms with Gasteiger partial charge in [0.05, 0.1) is 26.9 Å². The van der Waals surface area contributed by atoms with Crippen LogP contribution in [0.4, 0.5) is 0 Å². The molecule has 0 spiro atoms. The first kappa shape index (κ1) is 25.8. The van der Waals surface area contributed by atoms with Gasteiger partial charge in [0.1, 0.15) is 12.0 Å². The molecule has 1 aliphatic heterocycles. The Hall–Kier alpha value is -3.29. The number of hydrogen-bond acceptors (Lipinski definition) is 8. The number of ether oxygens (including phenoxy) is 4. The SMILES string of the molecule is COC(=O)[C@@H]1C(=O)C2=C(C[C@@H]1C)NC(C)=C(C(=O)OC1CCCCC1)[C@H]2c1ccc(OC)c(OC)c1. The third-order valence-corrected chi connectivity index (χ3v) is 7.53. The number of dihydropyridines is 1. The van der Waals surface area contributed by atoms with Crippen molar-refractivity contribution in [3.05, 3.63) is 46.3 Å². The van der Waals surface area contributed by atoms with E-state index in [9.17, 15) is 14.4 Å². The van der Waals surface area contributed by atoms with Gasteiger partial charge in [0, 0.05) is 22.9 Å². The smallest absolute Gasteiger partial charge is 0.337 e. The van der Waals surface area contributed by atoms with E-state index < -0.39 is 23.8 Å². The molecule has 8 heteroatoms. The molecule has 0 aromatic heterocycles. The third-order valence-electron chi connectivity index (χ3n) is 7.53. The Balaban J connectivity index is 1.82. The van der Waals surface area contributed by atoms with Crippen LogP contribution in [0.3, 0.4) is 0 Å². The second-order valence-electron chi connectivity index (χ2n) is 9.82. The maximum absolute atomic E-state index is 13.9. The highest BCUT2D eigenvalue weighted by molar-refractivity contribution is 6.12. The summed E-state index contributed by atoms with van der Waals surface area (Å²) in [5.41, 5.74) is 2.82. The molecular weight excluding hydrogens is 462 g/mol. The molecule has 2 aliphatic carbocycles. The van der Waals surface area contributed by atoms with Crippen LogP contribution in [-0.4, -0.2) is 45.2 Å². The van der Waals surface area contributed by atoms with E-state index in [1.165, 1.54) is 14.2 Å². The van der Waals surface area contributed by atoms with Crippen molar-refractivity contribution < 1.29 is 33.3 Å². The van der Waals surface area contributed by atoms with Crippen molar-refractivity contribution in [3.63, 3.8) is 0 Å². The van der Waals surface area contributed by atoms with Gasteiger partial charge in [0.15, 0.2) is 17.3 Å². The van der Waals surface area contributed by atoms with Crippen molar-refractivity contribution in [2.45, 2.75) is 64.4 Å². The molecule has 1 aromatic carbocycles. The molecule has 1 saturated carbocycles. The van der Waals surface area contributed by atoms with Crippen molar-refractivity contribution in [1.29, 1.82) is 0 Å². The molecule has 8 nitrogen and oxygen atoms in total. The zero-order chi connectivity index (χ0) is 26.0. The highest BCUT2D eigenvalue weighted by atomic mass is 16.5. The van der Waals surface area contributed by atoms with Crippen LogP contribution < -0.4 is 14.8 Å². The van der Waals surface area contributed by atoms with Crippen LogP contribution >= 0.6 is 0 Å². The fourth-order valence-electron chi connectivity index (χ4n) is 5.71. The lowest BCUT2D eigenvalue weighted by atomic mass is 9.69. The number of methoxy groups -OCH3 is 3. The van der Waals surface area contributed by atoms with Gasteiger partial charge in [-0.2, -0.15) is 0 Å². The van der Waals surface area contributed by atoms with E-state index in [4.69, 9.17) is 18.9 Å². The van der Waals surface area contributed by atoms with Crippen molar-refractivity contribution in [2.75, 3.05) is 21.3 Å². The molecule has 36 heavy (non-hydrogen) atoms. The molecule has 0 unspecified atom stereocenters. The average Bonchev–Trinajstić information content (AvgIpc) is 2.87. The Bertz CT molecular complexity index is 1110. The molecule has 0 saturated heterocycles. The number of hydrogen-bond donors (Lipinski definition) is 1. The van der Waals surface area contributed by atoms with Gasteiger partial charge in [-0.15, -0.1) is 0 Å². The molecule has 0 bridgehead atoms. The molecule has 1 fully saturated rings. The molecule has 4 rings (SSSR count). The lowest BCUT2D eigenvalue weighted by Crippen LogP contribution is -2.43. The van der Waals surface area contributed by atoms with E-state index in [-0.39, 0.29) is 17.8 Å². The van der Waals surface area contributed by atoms with Gasteiger partial charge in [0.25, 0.3) is 0 Å². The summed E-state index contributed by atoms with van der Waals surface area (Å²) in [5, 5.41) is 3.31. The summed E-state index contributed by atoms with van der Waals surface area (Å²) in [6.07, 6.45) is 5.21. The maximum atomic E-state index is 13.9. The van der Waals surface area contributed by atoms with E-state index >= 15 is 0 Å². The van der Waals surface area contributed by atoms with E-state index in [0.29, 0.717) is 40.3 Å². The highest BCUT2D eigenvalue weighted by Gasteiger charge is 2.47. The van der Waals surface area contributed by atoms with Gasteiger partial charge in [0.2, 0.25) is 0 Å². The topological polar surface area (TPSA) is 100 Å². The second-order valence-corrected chi connectivity index (χ2v) is 9.82. The molecule has 0 amide bonds. The van der Waals surface area contributed by atoms with Crippen molar-refractivity contribution in [3.8, 4) is 11.5 Å². The Morgan fingerprint density at radius 3 is 2.33 bits per heavy atom. The number of Topliss-reactive ketones (excluding diaryl/α,β-unsaturated/α-hetero) is 1. The predicted octanol–water partition coefficient (Wildman–Crippen LogP) is 4.19. The number of nitrogens with one attached hydrogen (secondary N) is 1. The standard InChI is InChI=1S/C28H35NO7/c1-15-13-19-25(26(30)22(15)27(31)35-5)24(17-11-12-20(33-3)21(14-17)34-4)23(16(2)29-19)28(32)36-18-9-7-6-8-10-18/h11-12,14-15,18,22,24,29H,6-10,13H2,1-5H3/t15-,22-,24+/m0/s1. The first-order valence-electron chi connectivity index (χ1n) is 12.6. The Morgan fingerprint density at radius 2 is 1.69 bits per heavy atom. The van der Waals surface area contributed by atoms with Gasteiger partial charge in [-0.25, -0.2) is 4.79 Å². The fraction of sp³-hybridized carbons (Fsp3) is 0.536. The second kappa shape index (κ2) is 10.8. The number of benzene rings is 1. The van der Waals surface area contributed by atoms with Crippen LogP contribution in [0.25, 0.3) is 0 Å². The van der Waals surface area contributed by atoms with E-state index in [2.05, 4.69) is 5.32 Å². The van der Waals surface area contributed by atoms with Crippen LogP contribution in [0.15, 0.2) is 40.7 Å². The summed E-state index contributed by atoms with van der Waals surface area (Å²) < 4.78 is 21.9. The minimum atomic E-state index is -0.938. The van der Waals surface area contributed by atoms with Crippen molar-refractivity contribution in [1.82, 2.24) is 5.32 Å². The number of allylic oxidation sites excluding steroid dienone is 3. The monoisotopic (exact) mass is 497 g/mol. The van der Waals surface area contributed by atoms with E-state index in [1.807, 2.05) is 19.9 Å². The summed E-state index contributed by atoms with van der Waals surface area (Å²) in [6.45, 7) is 3.69. The van der Waals surface area contributed by atoms with Crippen molar-refractivity contribution >= 4 is 17.7 Å². The van der Waals surface area contributed by atoms with E-state index in [1.54, 1.807) is 19.2 Å². The fourth-order valence-corrected chi connectivity index (χ4v) is 5.71. The summed E-state index contributed by atoms with van der Waals surface area (Å²) in [6, 6.07) is 5.35. The summed E-state index contributed by atoms with van der Waals surface area (Å²) in [5.74, 6) is -2.23. The first-order valence-corrected chi connectivity index (χ1v) is 12.6. The summed E-state index contributed by atoms with van der Waals surface area (Å²) in [7, 11) is 4.37. The molecule has 1 aromatic rings. The van der Waals surface area contributed by atoms with Gasteiger partial charge in [-0.05, 0) is 62.6 Å². The number of carbonyl (C=O) groups excluding carboxylic acids is 3. The number of carbonyl (C=O) groups is 3. The van der Waals surface area contributed by atoms with Crippen molar-refractivity contribution in [2.24, 2.45) is 11.8 Å². The lowest BCUT2D eigenvalue weighted by Gasteiger charge is -2.38. The first-order chi connectivity index (χ1) is 17.3. The Morgan fingerprint density at radius 1 is 1.00 bits per heavy atom. The summed E-state index contributed by atoms with van der Waals surface area (Å²) >= 11 is 0. The highest BCUT2D eigenvalue weighted by Crippen LogP contribution is 2.47. The largest absolute Gasteiger partial charge is 0.493 e. The number of ketones is 1. The van der Waals surface area contributed by atoms with Gasteiger partial charge in [-0.1, -0.05) is 19.4 Å². The molecule has 1 N–H and O–H groups in total. The predicted molar refractivity (Wildman–Crippen MR) is 132 cm³/mol. The quantitative estimate of drug-likeness (QED) is 0.461. The normalized spacial score (nSPS) is 24.6. The summed E-state index contributed by atoms with van der Waals surface area (Å²) in [4.78, 5) is 40.1. The molecule has 3 atom stereocenters. The maximum Gasteiger partial charge on any atom is 0.337 e. The molecule has 1 heterocycles. The molecule has 194 valence electrons. The van der Waals surface area contributed by atoms with Gasteiger partial charge >= 0.3 is 11.9 Å². The van der Waals surface area contributed by atoms with Crippen LogP contribution in [0, 0.1) is 11.8 Å². The number of esters is 2. The third kappa shape index (κ3) is 4.73. The van der Waals surface area contributed by atoms with Crippen LogP contribution in [-0.2, 0) is 23.9 Å². The minimum Gasteiger partial charge on any atom is -0.493 e. The van der Waals surface area contributed by atoms with E-state index in [0.717, 1.165) is 37.8 Å². The molecule has 3 aliphatic rings. The average molecular weight is 498 g/mol. The lowest BCUT2D eigenvalue weighted by molar-refractivity contribution is -0.151. The number of rotatable bonds is 6.